The number of Topliss-reactive ketones (excluding diaryl/α,β-unsaturated/α-hetero) is 1. The van der Waals surface area contributed by atoms with Gasteiger partial charge in [-0.1, -0.05) is 30.3 Å². The van der Waals surface area contributed by atoms with Crippen molar-refractivity contribution in [2.24, 2.45) is 5.92 Å². The van der Waals surface area contributed by atoms with E-state index in [0.29, 0.717) is 18.7 Å². The molecule has 1 N–H and O–H groups in total. The zero-order chi connectivity index (χ0) is 20.2. The zero-order valence-corrected chi connectivity index (χ0v) is 16.7. The number of hydrogen-bond donors (Lipinski definition) is 1. The second-order valence-electron chi connectivity index (χ2n) is 7.81. The predicted molar refractivity (Wildman–Crippen MR) is 111 cm³/mol. The van der Waals surface area contributed by atoms with E-state index in [1.54, 1.807) is 0 Å². The van der Waals surface area contributed by atoms with Crippen LogP contribution in [0.15, 0.2) is 48.7 Å². The maximum absolute atomic E-state index is 12.5. The molecule has 0 spiro atoms. The van der Waals surface area contributed by atoms with Crippen LogP contribution in [0.25, 0.3) is 5.65 Å². The molecule has 29 heavy (non-hydrogen) atoms. The molecule has 6 heteroatoms. The van der Waals surface area contributed by atoms with E-state index < -0.39 is 0 Å². The molecule has 0 bridgehead atoms. The first kappa shape index (κ1) is 19.3. The highest BCUT2D eigenvalue weighted by atomic mass is 16.1. The largest absolute Gasteiger partial charge is 0.355 e. The Kier molecular flexibility index (Phi) is 5.69. The number of benzene rings is 1. The first-order chi connectivity index (χ1) is 14.1. The van der Waals surface area contributed by atoms with E-state index in [0.717, 1.165) is 42.7 Å². The number of amides is 1. The van der Waals surface area contributed by atoms with Crippen LogP contribution < -0.4 is 5.32 Å². The molecule has 1 amide bonds. The molecular formula is C23H26N4O2. The second-order valence-corrected chi connectivity index (χ2v) is 7.81. The van der Waals surface area contributed by atoms with Crippen molar-refractivity contribution in [3.8, 4) is 0 Å². The summed E-state index contributed by atoms with van der Waals surface area (Å²) >= 11 is 0. The minimum Gasteiger partial charge on any atom is -0.355 e. The number of carbonyl (C=O) groups excluding carboxylic acids is 2. The summed E-state index contributed by atoms with van der Waals surface area (Å²) in [7, 11) is 0. The average Bonchev–Trinajstić information content (AvgIpc) is 3.34. The predicted octanol–water partition coefficient (Wildman–Crippen LogP) is 3.10. The number of fused-ring (bicyclic) bond motifs is 1. The number of pyridine rings is 1. The van der Waals surface area contributed by atoms with Crippen molar-refractivity contribution >= 4 is 17.3 Å². The monoisotopic (exact) mass is 390 g/mol. The van der Waals surface area contributed by atoms with Crippen molar-refractivity contribution < 1.29 is 9.59 Å². The molecule has 4 rings (SSSR count). The minimum absolute atomic E-state index is 0.00228. The lowest BCUT2D eigenvalue weighted by atomic mass is 9.94. The van der Waals surface area contributed by atoms with Gasteiger partial charge in [-0.05, 0) is 49.4 Å². The molecule has 0 saturated heterocycles. The number of ketones is 1. The number of rotatable bonds is 7. The summed E-state index contributed by atoms with van der Waals surface area (Å²) in [5.74, 6) is 1.17. The van der Waals surface area contributed by atoms with E-state index in [1.807, 2.05) is 60.0 Å². The van der Waals surface area contributed by atoms with Crippen LogP contribution in [0.2, 0.25) is 0 Å². The minimum atomic E-state index is -0.229. The molecule has 2 aromatic heterocycles. The smallest absolute Gasteiger partial charge is 0.227 e. The van der Waals surface area contributed by atoms with E-state index in [4.69, 9.17) is 0 Å². The van der Waals surface area contributed by atoms with Gasteiger partial charge in [0.25, 0.3) is 0 Å². The topological polar surface area (TPSA) is 76.4 Å². The van der Waals surface area contributed by atoms with Crippen molar-refractivity contribution in [2.45, 2.75) is 44.9 Å². The number of carbonyl (C=O) groups is 2. The number of hydrogen-bond acceptors (Lipinski definition) is 4. The highest BCUT2D eigenvalue weighted by Crippen LogP contribution is 2.26. The van der Waals surface area contributed by atoms with Crippen LogP contribution in [0, 0.1) is 5.92 Å². The Morgan fingerprint density at radius 1 is 1.21 bits per heavy atom. The van der Waals surface area contributed by atoms with Gasteiger partial charge in [-0.3, -0.25) is 14.0 Å². The van der Waals surface area contributed by atoms with Gasteiger partial charge in [-0.2, -0.15) is 0 Å². The van der Waals surface area contributed by atoms with Gasteiger partial charge in [0.1, 0.15) is 11.6 Å². The van der Waals surface area contributed by atoms with Crippen molar-refractivity contribution in [1.82, 2.24) is 19.9 Å². The van der Waals surface area contributed by atoms with Crippen molar-refractivity contribution in [3.63, 3.8) is 0 Å². The molecule has 6 nitrogen and oxygen atoms in total. The molecule has 1 fully saturated rings. The molecule has 0 aliphatic heterocycles. The van der Waals surface area contributed by atoms with E-state index >= 15 is 0 Å². The summed E-state index contributed by atoms with van der Waals surface area (Å²) in [4.78, 5) is 24.4. The van der Waals surface area contributed by atoms with Crippen LogP contribution in [-0.4, -0.2) is 32.8 Å². The number of nitrogens with zero attached hydrogens (tertiary/aromatic N) is 3. The normalized spacial score (nSPS) is 17.6. The molecule has 3 aromatic rings. The van der Waals surface area contributed by atoms with E-state index in [1.165, 1.54) is 5.56 Å². The number of aromatic nitrogens is 3. The van der Waals surface area contributed by atoms with Crippen LogP contribution in [0.5, 0.6) is 0 Å². The van der Waals surface area contributed by atoms with Gasteiger partial charge in [-0.15, -0.1) is 10.2 Å². The first-order valence-electron chi connectivity index (χ1n) is 10.3. The van der Waals surface area contributed by atoms with Crippen LogP contribution in [0.1, 0.15) is 49.1 Å². The van der Waals surface area contributed by atoms with Gasteiger partial charge >= 0.3 is 0 Å². The third-order valence-electron chi connectivity index (χ3n) is 5.82. The molecule has 1 aliphatic carbocycles. The molecule has 1 aliphatic rings. The first-order valence-corrected chi connectivity index (χ1v) is 10.3. The highest BCUT2D eigenvalue weighted by molar-refractivity contribution is 5.83. The lowest BCUT2D eigenvalue weighted by Gasteiger charge is -2.14. The Morgan fingerprint density at radius 2 is 2.03 bits per heavy atom. The van der Waals surface area contributed by atoms with E-state index in [9.17, 15) is 9.59 Å². The molecule has 0 unspecified atom stereocenters. The molecule has 2 heterocycles. The Hall–Kier alpha value is -3.02. The Balaban J connectivity index is 1.30. The average molecular weight is 390 g/mol. The van der Waals surface area contributed by atoms with Crippen molar-refractivity contribution in [3.05, 3.63) is 65.6 Å². The molecule has 2 atom stereocenters. The molecule has 1 saturated carbocycles. The summed E-state index contributed by atoms with van der Waals surface area (Å²) in [5, 5.41) is 11.3. The Labute approximate surface area is 170 Å². The Bertz CT molecular complexity index is 1010. The lowest BCUT2D eigenvalue weighted by molar-refractivity contribution is -0.122. The fraction of sp³-hybridized carbons (Fsp3) is 0.391. The Morgan fingerprint density at radius 3 is 2.79 bits per heavy atom. The van der Waals surface area contributed by atoms with Gasteiger partial charge in [0.05, 0.1) is 5.92 Å². The molecule has 1 aromatic carbocycles. The van der Waals surface area contributed by atoms with Crippen LogP contribution in [0.3, 0.4) is 0 Å². The summed E-state index contributed by atoms with van der Waals surface area (Å²) in [5.41, 5.74) is 2.96. The van der Waals surface area contributed by atoms with Crippen LogP contribution in [-0.2, 0) is 22.4 Å². The van der Waals surface area contributed by atoms with Gasteiger partial charge < -0.3 is 5.32 Å². The summed E-state index contributed by atoms with van der Waals surface area (Å²) in [6.45, 7) is 2.43. The maximum atomic E-state index is 12.5. The summed E-state index contributed by atoms with van der Waals surface area (Å²) in [6, 6.07) is 13.9. The lowest BCUT2D eigenvalue weighted by Crippen LogP contribution is -2.30. The van der Waals surface area contributed by atoms with Gasteiger partial charge in [-0.25, -0.2) is 0 Å². The summed E-state index contributed by atoms with van der Waals surface area (Å²) < 4.78 is 1.93. The third-order valence-corrected chi connectivity index (χ3v) is 5.82. The highest BCUT2D eigenvalue weighted by Gasteiger charge is 2.24. The fourth-order valence-electron chi connectivity index (χ4n) is 3.99. The quantitative estimate of drug-likeness (QED) is 0.673. The van der Waals surface area contributed by atoms with Crippen LogP contribution in [0.4, 0.5) is 0 Å². The fourth-order valence-corrected chi connectivity index (χ4v) is 3.99. The molecule has 150 valence electrons. The number of nitrogens with one attached hydrogen (secondary N) is 1. The maximum Gasteiger partial charge on any atom is 0.227 e. The SMILES string of the molecule is C[C@@H](C(=O)NCCc1nnc2ccccn12)c1ccc(C[C@H]2CCCC2=O)cc1. The zero-order valence-electron chi connectivity index (χ0n) is 16.7. The van der Waals surface area contributed by atoms with E-state index in [2.05, 4.69) is 15.5 Å². The third kappa shape index (κ3) is 4.36. The van der Waals surface area contributed by atoms with E-state index in [-0.39, 0.29) is 17.7 Å². The van der Waals surface area contributed by atoms with Gasteiger partial charge in [0.2, 0.25) is 5.91 Å². The van der Waals surface area contributed by atoms with Crippen LogP contribution >= 0.6 is 0 Å². The standard InChI is InChI=1S/C23H26N4O2/c1-16(18-10-8-17(9-11-18)15-19-5-4-6-20(19)28)23(29)24-13-12-22-26-25-21-7-2-3-14-27(21)22/h2-3,7-11,14,16,19H,4-6,12-13,15H2,1H3,(H,24,29)/t16-,19-/m1/s1. The van der Waals surface area contributed by atoms with Gasteiger partial charge in [0.15, 0.2) is 5.65 Å². The molecule has 0 radical (unpaired) electrons. The molecular weight excluding hydrogens is 364 g/mol. The summed E-state index contributed by atoms with van der Waals surface area (Å²) in [6.07, 6.45) is 6.11. The van der Waals surface area contributed by atoms with Crippen molar-refractivity contribution in [1.29, 1.82) is 0 Å². The van der Waals surface area contributed by atoms with Gasteiger partial charge in [0, 0.05) is 31.5 Å². The van der Waals surface area contributed by atoms with Crippen molar-refractivity contribution in [2.75, 3.05) is 6.54 Å². The second kappa shape index (κ2) is 8.55.